The van der Waals surface area contributed by atoms with Crippen molar-refractivity contribution in [1.29, 1.82) is 5.26 Å². The van der Waals surface area contributed by atoms with Gasteiger partial charge in [0, 0.05) is 11.8 Å². The number of benzene rings is 1. The van der Waals surface area contributed by atoms with E-state index in [-0.39, 0.29) is 5.88 Å². The van der Waals surface area contributed by atoms with Crippen molar-refractivity contribution in [3.8, 4) is 6.07 Å². The first kappa shape index (κ1) is 12.5. The van der Waals surface area contributed by atoms with Gasteiger partial charge in [0.2, 0.25) is 0 Å². The van der Waals surface area contributed by atoms with E-state index in [1.165, 1.54) is 6.20 Å². The van der Waals surface area contributed by atoms with Gasteiger partial charge in [0.25, 0.3) is 0 Å². The molecular formula is C14H10ClN5. The molecule has 2 aromatic heterocycles. The molecule has 0 atom stereocenters. The number of para-hydroxylation sites is 1. The molecule has 6 heteroatoms. The minimum absolute atomic E-state index is 0.274. The van der Waals surface area contributed by atoms with E-state index < -0.39 is 0 Å². The van der Waals surface area contributed by atoms with Gasteiger partial charge in [-0.3, -0.25) is 0 Å². The highest BCUT2D eigenvalue weighted by Gasteiger charge is 2.11. The molecule has 0 aliphatic heterocycles. The van der Waals surface area contributed by atoms with Crippen molar-refractivity contribution in [3.63, 3.8) is 0 Å². The molecule has 0 unspecified atom stereocenters. The second-order valence-electron chi connectivity index (χ2n) is 4.16. The number of alkyl halides is 1. The predicted molar refractivity (Wildman–Crippen MR) is 77.0 cm³/mol. The first-order chi connectivity index (χ1) is 9.81. The molecule has 3 rings (SSSR count). The van der Waals surface area contributed by atoms with E-state index in [1.54, 1.807) is 4.52 Å². The van der Waals surface area contributed by atoms with Gasteiger partial charge in [0.1, 0.15) is 17.5 Å². The SMILES string of the molecule is N#Cc1cnn2c(Nc3ccccc3)cc(CCl)nc12. The lowest BCUT2D eigenvalue weighted by atomic mass is 10.3. The van der Waals surface area contributed by atoms with Crippen LogP contribution in [0.5, 0.6) is 0 Å². The highest BCUT2D eigenvalue weighted by molar-refractivity contribution is 6.16. The van der Waals surface area contributed by atoms with E-state index >= 15 is 0 Å². The number of aromatic nitrogens is 3. The number of nitrogens with one attached hydrogen (secondary N) is 1. The van der Waals surface area contributed by atoms with E-state index in [4.69, 9.17) is 16.9 Å². The summed E-state index contributed by atoms with van der Waals surface area (Å²) in [6, 6.07) is 13.6. The molecule has 5 nitrogen and oxygen atoms in total. The van der Waals surface area contributed by atoms with Crippen molar-refractivity contribution >= 4 is 28.8 Å². The summed E-state index contributed by atoms with van der Waals surface area (Å²) in [5.74, 6) is 0.995. The number of anilines is 2. The first-order valence-electron chi connectivity index (χ1n) is 5.97. The molecule has 1 aromatic carbocycles. The summed E-state index contributed by atoms with van der Waals surface area (Å²) in [4.78, 5) is 4.33. The third kappa shape index (κ3) is 2.17. The second kappa shape index (κ2) is 5.19. The fourth-order valence-corrected chi connectivity index (χ4v) is 2.06. The summed E-state index contributed by atoms with van der Waals surface area (Å²) < 4.78 is 1.60. The van der Waals surface area contributed by atoms with Crippen LogP contribution in [-0.2, 0) is 5.88 Å². The summed E-state index contributed by atoms with van der Waals surface area (Å²) in [5.41, 5.74) is 2.54. The highest BCUT2D eigenvalue weighted by atomic mass is 35.5. The molecule has 0 amide bonds. The highest BCUT2D eigenvalue weighted by Crippen LogP contribution is 2.20. The van der Waals surface area contributed by atoms with Crippen molar-refractivity contribution in [3.05, 3.63) is 53.9 Å². The molecule has 0 saturated heterocycles. The zero-order valence-electron chi connectivity index (χ0n) is 10.4. The van der Waals surface area contributed by atoms with Gasteiger partial charge >= 0.3 is 0 Å². The Bertz CT molecular complexity index is 788. The molecule has 20 heavy (non-hydrogen) atoms. The molecule has 0 saturated carbocycles. The van der Waals surface area contributed by atoms with Crippen LogP contribution in [0.1, 0.15) is 11.3 Å². The standard InChI is InChI=1S/C14H10ClN5/c15-7-12-6-13(18-11-4-2-1-3-5-11)20-14(19-12)10(8-16)9-17-20/h1-6,9,18H,7H2. The number of hydrogen-bond donors (Lipinski definition) is 1. The van der Waals surface area contributed by atoms with Crippen LogP contribution in [0.15, 0.2) is 42.6 Å². The Kier molecular flexibility index (Phi) is 3.23. The average molecular weight is 284 g/mol. The van der Waals surface area contributed by atoms with Crippen LogP contribution in [0.3, 0.4) is 0 Å². The number of nitriles is 1. The van der Waals surface area contributed by atoms with Crippen molar-refractivity contribution in [1.82, 2.24) is 14.6 Å². The minimum atomic E-state index is 0.274. The van der Waals surface area contributed by atoms with Crippen molar-refractivity contribution in [2.24, 2.45) is 0 Å². The molecule has 0 aliphatic rings. The van der Waals surface area contributed by atoms with Crippen molar-refractivity contribution < 1.29 is 0 Å². The number of fused-ring (bicyclic) bond motifs is 1. The third-order valence-electron chi connectivity index (χ3n) is 2.83. The Morgan fingerprint density at radius 3 is 2.80 bits per heavy atom. The van der Waals surface area contributed by atoms with E-state index in [1.807, 2.05) is 36.4 Å². The van der Waals surface area contributed by atoms with E-state index in [0.717, 1.165) is 11.5 Å². The first-order valence-corrected chi connectivity index (χ1v) is 6.51. The molecule has 0 bridgehead atoms. The quantitative estimate of drug-likeness (QED) is 0.750. The van der Waals surface area contributed by atoms with Crippen LogP contribution >= 0.6 is 11.6 Å². The van der Waals surface area contributed by atoms with Gasteiger partial charge in [0.05, 0.1) is 17.8 Å². The van der Waals surface area contributed by atoms with Gasteiger partial charge in [-0.25, -0.2) is 4.98 Å². The Labute approximate surface area is 120 Å². The minimum Gasteiger partial charge on any atom is -0.340 e. The fraction of sp³-hybridized carbons (Fsp3) is 0.0714. The summed E-state index contributed by atoms with van der Waals surface area (Å²) in [7, 11) is 0. The van der Waals surface area contributed by atoms with Gasteiger partial charge in [-0.2, -0.15) is 14.9 Å². The Hall–Kier alpha value is -2.58. The van der Waals surface area contributed by atoms with Gasteiger partial charge < -0.3 is 5.32 Å². The molecule has 1 N–H and O–H groups in total. The molecule has 2 heterocycles. The summed E-state index contributed by atoms with van der Waals surface area (Å²) >= 11 is 5.86. The number of rotatable bonds is 3. The van der Waals surface area contributed by atoms with Gasteiger partial charge in [-0.1, -0.05) is 18.2 Å². The Balaban J connectivity index is 2.14. The number of hydrogen-bond acceptors (Lipinski definition) is 4. The number of halogens is 1. The topological polar surface area (TPSA) is 66.0 Å². The summed E-state index contributed by atoms with van der Waals surface area (Å²) in [6.45, 7) is 0. The van der Waals surface area contributed by atoms with Crippen molar-refractivity contribution in [2.75, 3.05) is 5.32 Å². The molecule has 3 aromatic rings. The zero-order chi connectivity index (χ0) is 13.9. The van der Waals surface area contributed by atoms with Crippen LogP contribution in [0.2, 0.25) is 0 Å². The molecule has 98 valence electrons. The van der Waals surface area contributed by atoms with Gasteiger partial charge in [0.15, 0.2) is 5.65 Å². The maximum Gasteiger partial charge on any atom is 0.175 e. The van der Waals surface area contributed by atoms with E-state index in [9.17, 15) is 0 Å². The molecule has 0 fully saturated rings. The molecule has 0 spiro atoms. The maximum absolute atomic E-state index is 9.07. The fourth-order valence-electron chi connectivity index (χ4n) is 1.92. The summed E-state index contributed by atoms with van der Waals surface area (Å²) in [5, 5.41) is 16.5. The van der Waals surface area contributed by atoms with Gasteiger partial charge in [-0.05, 0) is 12.1 Å². The molecule has 0 aliphatic carbocycles. The van der Waals surface area contributed by atoms with Crippen LogP contribution in [0.25, 0.3) is 5.65 Å². The summed E-state index contributed by atoms with van der Waals surface area (Å²) in [6.07, 6.45) is 1.50. The van der Waals surface area contributed by atoms with Gasteiger partial charge in [-0.15, -0.1) is 11.6 Å². The van der Waals surface area contributed by atoms with Crippen LogP contribution in [0, 0.1) is 11.3 Å². The number of nitrogens with zero attached hydrogens (tertiary/aromatic N) is 4. The largest absolute Gasteiger partial charge is 0.340 e. The predicted octanol–water partition coefficient (Wildman–Crippen LogP) is 3.08. The lowest BCUT2D eigenvalue weighted by Gasteiger charge is -2.09. The average Bonchev–Trinajstić information content (AvgIpc) is 2.91. The second-order valence-corrected chi connectivity index (χ2v) is 4.43. The smallest absolute Gasteiger partial charge is 0.175 e. The lowest BCUT2D eigenvalue weighted by molar-refractivity contribution is 0.935. The van der Waals surface area contributed by atoms with Crippen LogP contribution in [0.4, 0.5) is 11.5 Å². The third-order valence-corrected chi connectivity index (χ3v) is 3.10. The zero-order valence-corrected chi connectivity index (χ0v) is 11.2. The Morgan fingerprint density at radius 2 is 2.10 bits per heavy atom. The lowest BCUT2D eigenvalue weighted by Crippen LogP contribution is -2.03. The van der Waals surface area contributed by atoms with E-state index in [0.29, 0.717) is 16.9 Å². The van der Waals surface area contributed by atoms with Crippen LogP contribution < -0.4 is 5.32 Å². The van der Waals surface area contributed by atoms with Crippen LogP contribution in [-0.4, -0.2) is 14.6 Å². The molecular weight excluding hydrogens is 274 g/mol. The normalized spacial score (nSPS) is 10.4. The van der Waals surface area contributed by atoms with E-state index in [2.05, 4.69) is 21.5 Å². The Morgan fingerprint density at radius 1 is 1.30 bits per heavy atom. The monoisotopic (exact) mass is 283 g/mol. The van der Waals surface area contributed by atoms with Crippen molar-refractivity contribution in [2.45, 2.75) is 5.88 Å². The molecule has 0 radical (unpaired) electrons. The maximum atomic E-state index is 9.07.